The Bertz CT molecular complexity index is 885. The van der Waals surface area contributed by atoms with Gasteiger partial charge in [0, 0.05) is 17.7 Å². The molecule has 0 aliphatic heterocycles. The standard InChI is InChI=1S/C24H20OSi/c1-2-25-26(24-16-10-5-11-17-24,20-18-22-12-6-3-7-13-22)21-19-23-14-8-4-9-15-23/h3-17H,2H2,1H3. The van der Waals surface area contributed by atoms with Crippen LogP contribution in [0.5, 0.6) is 0 Å². The van der Waals surface area contributed by atoms with Gasteiger partial charge in [0.05, 0.1) is 0 Å². The highest BCUT2D eigenvalue weighted by atomic mass is 28.4. The van der Waals surface area contributed by atoms with Crippen molar-refractivity contribution in [1.29, 1.82) is 0 Å². The van der Waals surface area contributed by atoms with Crippen LogP contribution in [-0.4, -0.2) is 14.9 Å². The molecular weight excluding hydrogens is 332 g/mol. The lowest BCUT2D eigenvalue weighted by Crippen LogP contribution is -2.49. The van der Waals surface area contributed by atoms with Gasteiger partial charge in [0.1, 0.15) is 0 Å². The average molecular weight is 353 g/mol. The first-order valence-corrected chi connectivity index (χ1v) is 10.6. The summed E-state index contributed by atoms with van der Waals surface area (Å²) in [5.74, 6) is 6.58. The molecule has 0 bridgehead atoms. The van der Waals surface area contributed by atoms with Crippen LogP contribution in [0.1, 0.15) is 18.1 Å². The van der Waals surface area contributed by atoms with E-state index in [0.29, 0.717) is 6.61 Å². The third-order valence-corrected chi connectivity index (χ3v) is 6.68. The Balaban J connectivity index is 2.11. The molecule has 0 N–H and O–H groups in total. The quantitative estimate of drug-likeness (QED) is 0.510. The monoisotopic (exact) mass is 352 g/mol. The van der Waals surface area contributed by atoms with Gasteiger partial charge in [-0.3, -0.25) is 0 Å². The van der Waals surface area contributed by atoms with Gasteiger partial charge in [-0.05, 0) is 36.4 Å². The topological polar surface area (TPSA) is 9.23 Å². The van der Waals surface area contributed by atoms with Gasteiger partial charge in [0.25, 0.3) is 0 Å². The summed E-state index contributed by atoms with van der Waals surface area (Å²) in [7, 11) is -2.76. The highest BCUT2D eigenvalue weighted by Gasteiger charge is 2.34. The largest absolute Gasteiger partial charge is 0.394 e. The number of rotatable bonds is 3. The molecule has 0 aliphatic rings. The summed E-state index contributed by atoms with van der Waals surface area (Å²) < 4.78 is 6.25. The van der Waals surface area contributed by atoms with Gasteiger partial charge in [-0.15, -0.1) is 0 Å². The van der Waals surface area contributed by atoms with E-state index in [1.807, 2.05) is 85.8 Å². The SMILES string of the molecule is CCO[Si](C#Cc1ccccc1)(C#Cc1ccccc1)c1ccccc1. The smallest absolute Gasteiger partial charge is 0.387 e. The van der Waals surface area contributed by atoms with Crippen molar-refractivity contribution in [2.75, 3.05) is 6.61 Å². The fraction of sp³-hybridized carbons (Fsp3) is 0.0833. The molecule has 126 valence electrons. The third-order valence-electron chi connectivity index (χ3n) is 3.85. The molecule has 0 saturated heterocycles. The molecule has 3 aromatic carbocycles. The predicted molar refractivity (Wildman–Crippen MR) is 110 cm³/mol. The maximum atomic E-state index is 6.25. The second-order valence-electron chi connectivity index (χ2n) is 5.71. The van der Waals surface area contributed by atoms with Crippen molar-refractivity contribution in [3.05, 3.63) is 102 Å². The first-order chi connectivity index (χ1) is 12.8. The van der Waals surface area contributed by atoms with Crippen LogP contribution in [0.4, 0.5) is 0 Å². The normalized spacial score (nSPS) is 10.2. The van der Waals surface area contributed by atoms with Crippen LogP contribution in [-0.2, 0) is 4.43 Å². The number of benzene rings is 3. The van der Waals surface area contributed by atoms with Gasteiger partial charge >= 0.3 is 8.32 Å². The molecular formula is C24H20OSi. The summed E-state index contributed by atoms with van der Waals surface area (Å²) in [6, 6.07) is 30.2. The maximum absolute atomic E-state index is 6.25. The summed E-state index contributed by atoms with van der Waals surface area (Å²) >= 11 is 0. The second-order valence-corrected chi connectivity index (χ2v) is 8.44. The molecule has 0 radical (unpaired) electrons. The molecule has 26 heavy (non-hydrogen) atoms. The van der Waals surface area contributed by atoms with Crippen LogP contribution in [0.15, 0.2) is 91.0 Å². The highest BCUT2D eigenvalue weighted by Crippen LogP contribution is 2.07. The zero-order valence-corrected chi connectivity index (χ0v) is 15.8. The first kappa shape index (κ1) is 17.8. The van der Waals surface area contributed by atoms with Crippen molar-refractivity contribution in [3.8, 4) is 22.9 Å². The van der Waals surface area contributed by atoms with Crippen molar-refractivity contribution >= 4 is 13.5 Å². The Morgan fingerprint density at radius 2 is 1.08 bits per heavy atom. The van der Waals surface area contributed by atoms with Gasteiger partial charge in [-0.1, -0.05) is 89.7 Å². The summed E-state index contributed by atoms with van der Waals surface area (Å²) in [5.41, 5.74) is 8.81. The van der Waals surface area contributed by atoms with Crippen LogP contribution in [0.2, 0.25) is 0 Å². The average Bonchev–Trinajstić information content (AvgIpc) is 2.72. The van der Waals surface area contributed by atoms with Crippen molar-refractivity contribution < 1.29 is 4.43 Å². The summed E-state index contributed by atoms with van der Waals surface area (Å²) in [6.07, 6.45) is 0. The molecule has 0 amide bonds. The molecule has 3 aromatic rings. The van der Waals surface area contributed by atoms with Crippen molar-refractivity contribution in [2.45, 2.75) is 6.92 Å². The Hall–Kier alpha value is -3.04. The van der Waals surface area contributed by atoms with E-state index in [4.69, 9.17) is 4.43 Å². The highest BCUT2D eigenvalue weighted by molar-refractivity contribution is 6.99. The Labute approximate surface area is 156 Å². The Morgan fingerprint density at radius 3 is 1.50 bits per heavy atom. The van der Waals surface area contributed by atoms with Crippen LogP contribution in [0.3, 0.4) is 0 Å². The van der Waals surface area contributed by atoms with Crippen molar-refractivity contribution in [3.63, 3.8) is 0 Å². The van der Waals surface area contributed by atoms with E-state index in [9.17, 15) is 0 Å². The van der Waals surface area contributed by atoms with Crippen LogP contribution in [0.25, 0.3) is 0 Å². The molecule has 0 aliphatic carbocycles. The second kappa shape index (κ2) is 8.88. The summed E-state index contributed by atoms with van der Waals surface area (Å²) in [6.45, 7) is 2.58. The molecule has 0 heterocycles. The van der Waals surface area contributed by atoms with E-state index in [2.05, 4.69) is 35.1 Å². The fourth-order valence-corrected chi connectivity index (χ4v) is 4.98. The molecule has 1 nitrogen and oxygen atoms in total. The van der Waals surface area contributed by atoms with Gasteiger partial charge < -0.3 is 4.43 Å². The van der Waals surface area contributed by atoms with E-state index < -0.39 is 8.32 Å². The third kappa shape index (κ3) is 4.52. The molecule has 0 unspecified atom stereocenters. The van der Waals surface area contributed by atoms with E-state index in [0.717, 1.165) is 16.3 Å². The van der Waals surface area contributed by atoms with Gasteiger partial charge in [-0.2, -0.15) is 0 Å². The lowest BCUT2D eigenvalue weighted by molar-refractivity contribution is 0.349. The number of hydrogen-bond donors (Lipinski definition) is 0. The van der Waals surface area contributed by atoms with E-state index in [1.165, 1.54) is 0 Å². The van der Waals surface area contributed by atoms with Crippen molar-refractivity contribution in [1.82, 2.24) is 0 Å². The van der Waals surface area contributed by atoms with Gasteiger partial charge in [-0.25, -0.2) is 0 Å². The van der Waals surface area contributed by atoms with E-state index >= 15 is 0 Å². The Kier molecular flexibility index (Phi) is 6.07. The summed E-state index contributed by atoms with van der Waals surface area (Å²) in [5, 5.41) is 1.08. The molecule has 0 atom stereocenters. The van der Waals surface area contributed by atoms with Crippen LogP contribution in [0, 0.1) is 22.9 Å². The maximum Gasteiger partial charge on any atom is 0.387 e. The Morgan fingerprint density at radius 1 is 0.654 bits per heavy atom. The molecule has 0 fully saturated rings. The van der Waals surface area contributed by atoms with E-state index in [1.54, 1.807) is 0 Å². The zero-order chi connectivity index (χ0) is 18.1. The zero-order valence-electron chi connectivity index (χ0n) is 14.8. The molecule has 3 rings (SSSR count). The van der Waals surface area contributed by atoms with Crippen molar-refractivity contribution in [2.24, 2.45) is 0 Å². The molecule has 0 saturated carbocycles. The summed E-state index contributed by atoms with van der Waals surface area (Å²) in [4.78, 5) is 0. The lowest BCUT2D eigenvalue weighted by Gasteiger charge is -2.19. The van der Waals surface area contributed by atoms with Crippen LogP contribution < -0.4 is 5.19 Å². The molecule has 0 aromatic heterocycles. The molecule has 0 spiro atoms. The number of hydrogen-bond acceptors (Lipinski definition) is 1. The fourth-order valence-electron chi connectivity index (χ4n) is 2.58. The molecule has 2 heteroatoms. The first-order valence-electron chi connectivity index (χ1n) is 8.68. The van der Waals surface area contributed by atoms with Gasteiger partial charge in [0.15, 0.2) is 0 Å². The minimum Gasteiger partial charge on any atom is -0.394 e. The van der Waals surface area contributed by atoms with Gasteiger partial charge in [0.2, 0.25) is 0 Å². The minimum absolute atomic E-state index is 0.577. The lowest BCUT2D eigenvalue weighted by atomic mass is 10.2. The predicted octanol–water partition coefficient (Wildman–Crippen LogP) is 4.06. The van der Waals surface area contributed by atoms with E-state index in [-0.39, 0.29) is 0 Å². The minimum atomic E-state index is -2.76. The van der Waals surface area contributed by atoms with Crippen LogP contribution >= 0.6 is 0 Å².